The van der Waals surface area contributed by atoms with Crippen LogP contribution in [0.3, 0.4) is 0 Å². The van der Waals surface area contributed by atoms with Crippen LogP contribution in [-0.2, 0) is 6.54 Å². The van der Waals surface area contributed by atoms with Gasteiger partial charge in [0, 0.05) is 0 Å². The molecule has 0 amide bonds. The van der Waals surface area contributed by atoms with E-state index in [4.69, 9.17) is 5.73 Å². The average molecular weight is 247 g/mol. The van der Waals surface area contributed by atoms with Crippen LogP contribution in [0.2, 0.25) is 0 Å². The van der Waals surface area contributed by atoms with E-state index >= 15 is 0 Å². The molecule has 2 aromatic rings. The number of rotatable bonds is 3. The second kappa shape index (κ2) is 3.90. The number of para-hydroxylation sites is 2. The third-order valence-electron chi connectivity index (χ3n) is 2.37. The van der Waals surface area contributed by atoms with Crippen molar-refractivity contribution in [3.05, 3.63) is 24.3 Å². The summed E-state index contributed by atoms with van der Waals surface area (Å²) in [6.07, 6.45) is -3.73. The van der Waals surface area contributed by atoms with E-state index in [0.717, 1.165) is 4.57 Å². The molecule has 0 aliphatic carbocycles. The minimum absolute atomic E-state index is 0.202. The Morgan fingerprint density at radius 2 is 1.94 bits per heavy atom. The van der Waals surface area contributed by atoms with E-state index in [1.54, 1.807) is 18.2 Å². The van der Waals surface area contributed by atoms with E-state index in [1.807, 2.05) is 0 Å². The summed E-state index contributed by atoms with van der Waals surface area (Å²) in [4.78, 5) is 3.82. The van der Waals surface area contributed by atoms with Gasteiger partial charge in [0.05, 0.1) is 17.6 Å². The van der Waals surface area contributed by atoms with Gasteiger partial charge in [-0.2, -0.15) is 8.78 Å². The second-order valence-electron chi connectivity index (χ2n) is 3.61. The molecule has 1 aromatic carbocycles. The number of alkyl halides is 4. The van der Waals surface area contributed by atoms with Gasteiger partial charge in [-0.1, -0.05) is 12.1 Å². The molecule has 0 radical (unpaired) electrons. The van der Waals surface area contributed by atoms with Gasteiger partial charge in [-0.05, 0) is 12.1 Å². The Hall–Kier alpha value is -1.79. The number of nitrogens with two attached hydrogens (primary N) is 1. The molecule has 0 bridgehead atoms. The Balaban J connectivity index is 2.45. The predicted molar refractivity (Wildman–Crippen MR) is 55.1 cm³/mol. The van der Waals surface area contributed by atoms with Crippen molar-refractivity contribution < 1.29 is 17.6 Å². The van der Waals surface area contributed by atoms with Crippen LogP contribution in [0.15, 0.2) is 24.3 Å². The van der Waals surface area contributed by atoms with Crippen molar-refractivity contribution in [2.45, 2.75) is 18.9 Å². The molecule has 7 heteroatoms. The Bertz CT molecular complexity index is 535. The Morgan fingerprint density at radius 3 is 2.59 bits per heavy atom. The third-order valence-corrected chi connectivity index (χ3v) is 2.37. The van der Waals surface area contributed by atoms with Crippen LogP contribution in [0.1, 0.15) is 0 Å². The Kier molecular flexibility index (Phi) is 2.68. The van der Waals surface area contributed by atoms with Crippen molar-refractivity contribution in [3.63, 3.8) is 0 Å². The van der Waals surface area contributed by atoms with Gasteiger partial charge in [-0.15, -0.1) is 0 Å². The fourth-order valence-corrected chi connectivity index (χ4v) is 1.54. The predicted octanol–water partition coefficient (Wildman–Crippen LogP) is 2.52. The summed E-state index contributed by atoms with van der Waals surface area (Å²) in [5.74, 6) is -4.33. The first-order valence-corrected chi connectivity index (χ1v) is 4.78. The molecular weight excluding hydrogens is 238 g/mol. The maximum atomic E-state index is 13.0. The molecule has 1 aromatic heterocycles. The molecule has 2 N–H and O–H groups in total. The molecule has 3 nitrogen and oxygen atoms in total. The maximum absolute atomic E-state index is 13.0. The number of hydrogen-bond donors (Lipinski definition) is 1. The quantitative estimate of drug-likeness (QED) is 0.847. The number of fused-ring (bicyclic) bond motifs is 1. The fourth-order valence-electron chi connectivity index (χ4n) is 1.54. The van der Waals surface area contributed by atoms with Crippen LogP contribution < -0.4 is 5.73 Å². The van der Waals surface area contributed by atoms with Gasteiger partial charge in [0.15, 0.2) is 0 Å². The van der Waals surface area contributed by atoms with Gasteiger partial charge in [-0.25, -0.2) is 13.8 Å². The molecule has 0 saturated heterocycles. The van der Waals surface area contributed by atoms with Gasteiger partial charge in [0.25, 0.3) is 0 Å². The van der Waals surface area contributed by atoms with Gasteiger partial charge in [0.1, 0.15) is 0 Å². The lowest BCUT2D eigenvalue weighted by Gasteiger charge is -2.16. The van der Waals surface area contributed by atoms with E-state index in [9.17, 15) is 17.6 Å². The zero-order valence-corrected chi connectivity index (χ0v) is 8.58. The maximum Gasteiger partial charge on any atom is 0.324 e. The van der Waals surface area contributed by atoms with Gasteiger partial charge >= 0.3 is 12.3 Å². The molecule has 0 aliphatic heterocycles. The first-order valence-electron chi connectivity index (χ1n) is 4.78. The highest BCUT2D eigenvalue weighted by Crippen LogP contribution is 2.28. The van der Waals surface area contributed by atoms with Crippen molar-refractivity contribution in [3.8, 4) is 0 Å². The highest BCUT2D eigenvalue weighted by Gasteiger charge is 2.41. The normalized spacial score (nSPS) is 12.5. The topological polar surface area (TPSA) is 43.8 Å². The number of benzene rings is 1. The van der Waals surface area contributed by atoms with Crippen LogP contribution in [0.4, 0.5) is 23.5 Å². The number of imidazole rings is 1. The van der Waals surface area contributed by atoms with E-state index in [0.29, 0.717) is 11.0 Å². The summed E-state index contributed by atoms with van der Waals surface area (Å²) < 4.78 is 51.0. The van der Waals surface area contributed by atoms with Crippen LogP contribution >= 0.6 is 0 Å². The Morgan fingerprint density at radius 1 is 1.29 bits per heavy atom. The minimum atomic E-state index is -4.13. The lowest BCUT2D eigenvalue weighted by Crippen LogP contribution is -2.32. The summed E-state index contributed by atoms with van der Waals surface area (Å²) in [5.41, 5.74) is 6.14. The van der Waals surface area contributed by atoms with Gasteiger partial charge in [-0.3, -0.25) is 0 Å². The monoisotopic (exact) mass is 247 g/mol. The van der Waals surface area contributed by atoms with E-state index in [2.05, 4.69) is 4.98 Å². The molecule has 0 aliphatic rings. The molecule has 0 saturated carbocycles. The number of hydrogen-bond acceptors (Lipinski definition) is 2. The minimum Gasteiger partial charge on any atom is -0.369 e. The molecular formula is C10H9F4N3. The van der Waals surface area contributed by atoms with Crippen LogP contribution in [0.5, 0.6) is 0 Å². The molecule has 0 unspecified atom stereocenters. The number of aromatic nitrogens is 2. The first kappa shape index (κ1) is 11.7. The largest absolute Gasteiger partial charge is 0.369 e. The van der Waals surface area contributed by atoms with Crippen molar-refractivity contribution in [2.75, 3.05) is 5.73 Å². The number of anilines is 1. The lowest BCUT2D eigenvalue weighted by molar-refractivity contribution is -0.136. The van der Waals surface area contributed by atoms with Crippen molar-refractivity contribution in [2.24, 2.45) is 0 Å². The average Bonchev–Trinajstić information content (AvgIpc) is 2.55. The van der Waals surface area contributed by atoms with Crippen molar-refractivity contribution >= 4 is 17.0 Å². The summed E-state index contributed by atoms with van der Waals surface area (Å²) in [5, 5.41) is 0. The number of nitrogen functional groups attached to an aromatic ring is 1. The summed E-state index contributed by atoms with van der Waals surface area (Å²) >= 11 is 0. The summed E-state index contributed by atoms with van der Waals surface area (Å²) in [6.45, 7) is -1.18. The van der Waals surface area contributed by atoms with Crippen LogP contribution in [0.25, 0.3) is 11.0 Å². The van der Waals surface area contributed by atoms with E-state index in [1.165, 1.54) is 6.07 Å². The lowest BCUT2D eigenvalue weighted by atomic mass is 10.3. The van der Waals surface area contributed by atoms with Crippen LogP contribution in [0, 0.1) is 0 Å². The molecule has 0 atom stereocenters. The van der Waals surface area contributed by atoms with E-state index in [-0.39, 0.29) is 5.95 Å². The molecule has 17 heavy (non-hydrogen) atoms. The van der Waals surface area contributed by atoms with Gasteiger partial charge < -0.3 is 10.3 Å². The zero-order chi connectivity index (χ0) is 12.6. The highest BCUT2D eigenvalue weighted by molar-refractivity contribution is 5.78. The first-order chi connectivity index (χ1) is 7.92. The number of nitrogens with zero attached hydrogens (tertiary/aromatic N) is 2. The molecule has 92 valence electrons. The molecule has 0 fully saturated rings. The summed E-state index contributed by atoms with van der Waals surface area (Å²) in [7, 11) is 0. The van der Waals surface area contributed by atoms with Crippen LogP contribution in [-0.4, -0.2) is 21.9 Å². The molecule has 1 heterocycles. The third kappa shape index (κ3) is 2.04. The van der Waals surface area contributed by atoms with E-state index < -0.39 is 18.9 Å². The van der Waals surface area contributed by atoms with Crippen molar-refractivity contribution in [1.29, 1.82) is 0 Å². The summed E-state index contributed by atoms with van der Waals surface area (Å²) in [6, 6.07) is 6.33. The fraction of sp³-hybridized carbons (Fsp3) is 0.300. The zero-order valence-electron chi connectivity index (χ0n) is 8.58. The van der Waals surface area contributed by atoms with Crippen molar-refractivity contribution in [1.82, 2.24) is 9.55 Å². The Labute approximate surface area is 93.8 Å². The smallest absolute Gasteiger partial charge is 0.324 e. The second-order valence-corrected chi connectivity index (χ2v) is 3.61. The highest BCUT2D eigenvalue weighted by atomic mass is 19.3. The standard InChI is InChI=1S/C10H9F4N3/c11-8(12)10(13,14)5-17-7-4-2-1-3-6(7)16-9(17)15/h1-4,8H,5H2,(H2,15,16). The van der Waals surface area contributed by atoms with Gasteiger partial charge in [0.2, 0.25) is 5.95 Å². The SMILES string of the molecule is Nc1nc2ccccc2n1CC(F)(F)C(F)F. The molecule has 0 spiro atoms. The molecule has 2 rings (SSSR count). The number of halogens is 4.